The maximum absolute atomic E-state index is 6.07. The number of nitrogens with two attached hydrogens (primary N) is 1. The van der Waals surface area contributed by atoms with Crippen LogP contribution in [-0.4, -0.2) is 6.54 Å². The lowest BCUT2D eigenvalue weighted by atomic mass is 10.1. The molecule has 0 aromatic heterocycles. The number of hydrogen-bond donors (Lipinski definition) is 1. The highest BCUT2D eigenvalue weighted by atomic mass is 35.5. The van der Waals surface area contributed by atoms with Crippen molar-refractivity contribution < 1.29 is 4.74 Å². The van der Waals surface area contributed by atoms with E-state index < -0.39 is 0 Å². The van der Waals surface area contributed by atoms with E-state index in [4.69, 9.17) is 22.1 Å². The average molecular weight is 276 g/mol. The Morgan fingerprint density at radius 3 is 2.26 bits per heavy atom. The highest BCUT2D eigenvalue weighted by molar-refractivity contribution is 6.31. The molecule has 0 aliphatic rings. The fourth-order valence-electron chi connectivity index (χ4n) is 1.86. The zero-order chi connectivity index (χ0) is 13.5. The smallest absolute Gasteiger partial charge is 0.0735 e. The van der Waals surface area contributed by atoms with Gasteiger partial charge in [0.25, 0.3) is 0 Å². The third kappa shape index (κ3) is 4.35. The van der Waals surface area contributed by atoms with Crippen LogP contribution in [0.25, 0.3) is 0 Å². The summed E-state index contributed by atoms with van der Waals surface area (Å²) in [4.78, 5) is 0. The predicted octanol–water partition coefficient (Wildman–Crippen LogP) is 3.56. The Hall–Kier alpha value is -1.35. The van der Waals surface area contributed by atoms with Crippen LogP contribution in [0.1, 0.15) is 16.7 Å². The summed E-state index contributed by atoms with van der Waals surface area (Å²) < 4.78 is 5.68. The summed E-state index contributed by atoms with van der Waals surface area (Å²) in [5.74, 6) is 0. The molecule has 3 heteroatoms. The lowest BCUT2D eigenvalue weighted by molar-refractivity contribution is 0.107. The number of rotatable bonds is 6. The Balaban J connectivity index is 1.84. The van der Waals surface area contributed by atoms with Gasteiger partial charge < -0.3 is 10.5 Å². The first-order valence-electron chi connectivity index (χ1n) is 6.38. The van der Waals surface area contributed by atoms with E-state index in [0.29, 0.717) is 19.8 Å². The molecule has 0 spiro atoms. The van der Waals surface area contributed by atoms with Gasteiger partial charge >= 0.3 is 0 Å². The lowest BCUT2D eigenvalue weighted by Gasteiger charge is -2.07. The zero-order valence-corrected chi connectivity index (χ0v) is 11.6. The van der Waals surface area contributed by atoms with E-state index in [2.05, 4.69) is 24.3 Å². The van der Waals surface area contributed by atoms with Crippen molar-refractivity contribution in [1.29, 1.82) is 0 Å². The van der Waals surface area contributed by atoms with Crippen molar-refractivity contribution in [3.63, 3.8) is 0 Å². The molecule has 0 fully saturated rings. The molecule has 0 radical (unpaired) electrons. The molecule has 2 N–H and O–H groups in total. The van der Waals surface area contributed by atoms with Crippen LogP contribution in [-0.2, 0) is 24.4 Å². The molecule has 0 saturated heterocycles. The predicted molar refractivity (Wildman–Crippen MR) is 79.1 cm³/mol. The third-order valence-electron chi connectivity index (χ3n) is 2.94. The van der Waals surface area contributed by atoms with E-state index >= 15 is 0 Å². The monoisotopic (exact) mass is 275 g/mol. The van der Waals surface area contributed by atoms with Gasteiger partial charge in [-0.3, -0.25) is 0 Å². The van der Waals surface area contributed by atoms with Gasteiger partial charge in [-0.2, -0.15) is 0 Å². The summed E-state index contributed by atoms with van der Waals surface area (Å²) in [7, 11) is 0. The van der Waals surface area contributed by atoms with Gasteiger partial charge in [-0.25, -0.2) is 0 Å². The molecule has 0 heterocycles. The van der Waals surface area contributed by atoms with Gasteiger partial charge in [-0.15, -0.1) is 0 Å². The van der Waals surface area contributed by atoms with Gasteiger partial charge in [0.2, 0.25) is 0 Å². The van der Waals surface area contributed by atoms with Crippen LogP contribution < -0.4 is 5.73 Å². The van der Waals surface area contributed by atoms with Crippen LogP contribution in [0.5, 0.6) is 0 Å². The van der Waals surface area contributed by atoms with Gasteiger partial charge in [0.1, 0.15) is 0 Å². The molecule has 0 bridgehead atoms. The van der Waals surface area contributed by atoms with Gasteiger partial charge in [0.05, 0.1) is 13.2 Å². The second kappa shape index (κ2) is 7.29. The van der Waals surface area contributed by atoms with E-state index in [1.165, 1.54) is 5.56 Å². The molecule has 0 amide bonds. The summed E-state index contributed by atoms with van der Waals surface area (Å²) in [6, 6.07) is 16.1. The van der Waals surface area contributed by atoms with Gasteiger partial charge in [0, 0.05) is 5.02 Å². The molecule has 2 aromatic rings. The van der Waals surface area contributed by atoms with E-state index in [0.717, 1.165) is 22.6 Å². The molecule has 0 saturated carbocycles. The van der Waals surface area contributed by atoms with E-state index in [-0.39, 0.29) is 0 Å². The van der Waals surface area contributed by atoms with Crippen LogP contribution in [0.2, 0.25) is 5.02 Å². The zero-order valence-electron chi connectivity index (χ0n) is 10.8. The first-order chi connectivity index (χ1) is 9.29. The molecular weight excluding hydrogens is 258 g/mol. The first-order valence-corrected chi connectivity index (χ1v) is 6.76. The van der Waals surface area contributed by atoms with E-state index in [1.54, 1.807) is 0 Å². The van der Waals surface area contributed by atoms with Crippen molar-refractivity contribution >= 4 is 11.6 Å². The summed E-state index contributed by atoms with van der Waals surface area (Å²) in [5.41, 5.74) is 8.96. The molecule has 0 atom stereocenters. The Morgan fingerprint density at radius 1 is 0.895 bits per heavy atom. The minimum atomic E-state index is 0.532. The molecule has 100 valence electrons. The second-order valence-electron chi connectivity index (χ2n) is 4.44. The maximum atomic E-state index is 6.07. The average Bonchev–Trinajstić information content (AvgIpc) is 2.43. The van der Waals surface area contributed by atoms with Gasteiger partial charge in [-0.05, 0) is 35.7 Å². The van der Waals surface area contributed by atoms with Crippen molar-refractivity contribution in [1.82, 2.24) is 0 Å². The second-order valence-corrected chi connectivity index (χ2v) is 4.85. The van der Waals surface area contributed by atoms with E-state index in [9.17, 15) is 0 Å². The van der Waals surface area contributed by atoms with Crippen molar-refractivity contribution in [3.05, 3.63) is 70.2 Å². The molecule has 0 aliphatic carbocycles. The quantitative estimate of drug-likeness (QED) is 0.875. The number of benzene rings is 2. The third-order valence-corrected chi connectivity index (χ3v) is 3.31. The molecule has 2 aromatic carbocycles. The highest BCUT2D eigenvalue weighted by Crippen LogP contribution is 2.16. The summed E-state index contributed by atoms with van der Waals surface area (Å²) in [6.07, 6.45) is 0.917. The molecule has 2 rings (SSSR count). The topological polar surface area (TPSA) is 35.2 Å². The van der Waals surface area contributed by atoms with Gasteiger partial charge in [0.15, 0.2) is 0 Å². The summed E-state index contributed by atoms with van der Waals surface area (Å²) in [6.45, 7) is 1.81. The highest BCUT2D eigenvalue weighted by Gasteiger charge is 2.00. The molecular formula is C16H18ClNO. The van der Waals surface area contributed by atoms with Crippen molar-refractivity contribution in [2.24, 2.45) is 5.73 Å². The largest absolute Gasteiger partial charge is 0.372 e. The minimum absolute atomic E-state index is 0.532. The van der Waals surface area contributed by atoms with Crippen LogP contribution in [0.15, 0.2) is 48.5 Å². The van der Waals surface area contributed by atoms with Crippen LogP contribution in [0, 0.1) is 0 Å². The van der Waals surface area contributed by atoms with Crippen LogP contribution in [0.4, 0.5) is 0 Å². The number of hydrogen-bond acceptors (Lipinski definition) is 2. The lowest BCUT2D eigenvalue weighted by Crippen LogP contribution is -2.02. The van der Waals surface area contributed by atoms with Crippen molar-refractivity contribution in [3.8, 4) is 0 Å². The Kier molecular flexibility index (Phi) is 5.40. The molecule has 2 nitrogen and oxygen atoms in total. The number of halogens is 1. The van der Waals surface area contributed by atoms with Crippen LogP contribution >= 0.6 is 11.6 Å². The summed E-state index contributed by atoms with van der Waals surface area (Å²) in [5, 5.41) is 0.751. The number of ether oxygens (including phenoxy) is 1. The minimum Gasteiger partial charge on any atom is -0.372 e. The normalized spacial score (nSPS) is 10.6. The SMILES string of the molecule is NCCc1ccc(COCc2ccccc2Cl)cc1. The molecule has 0 unspecified atom stereocenters. The standard InChI is InChI=1S/C16H18ClNO/c17-16-4-2-1-3-15(16)12-19-11-14-7-5-13(6-8-14)9-10-18/h1-8H,9-12,18H2. The Morgan fingerprint density at radius 2 is 1.58 bits per heavy atom. The fourth-order valence-corrected chi connectivity index (χ4v) is 2.05. The van der Waals surface area contributed by atoms with E-state index in [1.807, 2.05) is 24.3 Å². The van der Waals surface area contributed by atoms with Gasteiger partial charge in [-0.1, -0.05) is 54.1 Å². The molecule has 0 aliphatic heterocycles. The van der Waals surface area contributed by atoms with Crippen molar-refractivity contribution in [2.45, 2.75) is 19.6 Å². The maximum Gasteiger partial charge on any atom is 0.0735 e. The Labute approximate surface area is 119 Å². The summed E-state index contributed by atoms with van der Waals surface area (Å²) >= 11 is 6.07. The first kappa shape index (κ1) is 14.1. The fraction of sp³-hybridized carbons (Fsp3) is 0.250. The van der Waals surface area contributed by atoms with Crippen LogP contribution in [0.3, 0.4) is 0 Å². The van der Waals surface area contributed by atoms with Crippen molar-refractivity contribution in [2.75, 3.05) is 6.54 Å². The molecule has 19 heavy (non-hydrogen) atoms. The Bertz CT molecular complexity index is 510.